The first kappa shape index (κ1) is 18.6. The van der Waals surface area contributed by atoms with Crippen molar-refractivity contribution in [2.75, 3.05) is 0 Å². The Hall–Kier alpha value is -3.21. The van der Waals surface area contributed by atoms with Crippen LogP contribution in [0.25, 0.3) is 0 Å². The summed E-state index contributed by atoms with van der Waals surface area (Å²) in [6, 6.07) is 14.9. The Morgan fingerprint density at radius 1 is 0.926 bits per heavy atom. The van der Waals surface area contributed by atoms with Crippen LogP contribution in [-0.2, 0) is 18.0 Å². The number of benzene rings is 1. The van der Waals surface area contributed by atoms with Crippen LogP contribution in [0.15, 0.2) is 67.1 Å². The highest BCUT2D eigenvalue weighted by molar-refractivity contribution is 5.87. The second-order valence-electron chi connectivity index (χ2n) is 6.50. The highest BCUT2D eigenvalue weighted by atomic mass is 16.5. The minimum atomic E-state index is -0.427. The van der Waals surface area contributed by atoms with E-state index in [2.05, 4.69) is 23.8 Å². The fraction of sp³-hybridized carbons (Fsp3) is 0.227. The van der Waals surface area contributed by atoms with Crippen LogP contribution in [0, 0.1) is 0 Å². The summed E-state index contributed by atoms with van der Waals surface area (Å²) in [6.07, 6.45) is 5.19. The van der Waals surface area contributed by atoms with E-state index in [-0.39, 0.29) is 6.61 Å². The van der Waals surface area contributed by atoms with Gasteiger partial charge < -0.3 is 9.47 Å². The first-order valence-corrected chi connectivity index (χ1v) is 8.85. The molecular formula is C22H22N2O3. The number of ether oxygens (including phenoxy) is 2. The normalized spacial score (nSPS) is 10.6. The fourth-order valence-corrected chi connectivity index (χ4v) is 2.42. The van der Waals surface area contributed by atoms with E-state index < -0.39 is 5.97 Å². The van der Waals surface area contributed by atoms with E-state index >= 15 is 0 Å². The summed E-state index contributed by atoms with van der Waals surface area (Å²) in [4.78, 5) is 20.3. The minimum Gasteiger partial charge on any atom is -0.489 e. The molecule has 0 bridgehead atoms. The van der Waals surface area contributed by atoms with Gasteiger partial charge in [-0.2, -0.15) is 0 Å². The second kappa shape index (κ2) is 8.94. The lowest BCUT2D eigenvalue weighted by atomic mass is 10.1. The molecule has 138 valence electrons. The summed E-state index contributed by atoms with van der Waals surface area (Å²) in [5.41, 5.74) is 3.35. The van der Waals surface area contributed by atoms with Crippen molar-refractivity contribution in [1.29, 1.82) is 0 Å². The van der Waals surface area contributed by atoms with Crippen molar-refractivity contribution in [2.24, 2.45) is 0 Å². The molecule has 0 aliphatic heterocycles. The Morgan fingerprint density at radius 2 is 1.63 bits per heavy atom. The van der Waals surface area contributed by atoms with Gasteiger partial charge in [-0.1, -0.05) is 32.0 Å². The van der Waals surface area contributed by atoms with Crippen molar-refractivity contribution in [3.05, 3.63) is 89.5 Å². The fourth-order valence-electron chi connectivity index (χ4n) is 2.42. The maximum Gasteiger partial charge on any atom is 0.357 e. The van der Waals surface area contributed by atoms with Crippen LogP contribution < -0.4 is 4.74 Å². The summed E-state index contributed by atoms with van der Waals surface area (Å²) in [5.74, 6) is 0.706. The number of carbonyl (C=O) groups excluding carboxylic acids is 1. The van der Waals surface area contributed by atoms with Gasteiger partial charge in [-0.25, -0.2) is 9.78 Å². The van der Waals surface area contributed by atoms with Gasteiger partial charge >= 0.3 is 5.97 Å². The molecule has 1 aromatic carbocycles. The molecule has 0 atom stereocenters. The first-order valence-electron chi connectivity index (χ1n) is 8.85. The number of hydrogen-bond acceptors (Lipinski definition) is 5. The average Bonchev–Trinajstić information content (AvgIpc) is 2.72. The summed E-state index contributed by atoms with van der Waals surface area (Å²) in [5, 5.41) is 0. The lowest BCUT2D eigenvalue weighted by molar-refractivity contribution is 0.0465. The molecule has 3 aromatic rings. The highest BCUT2D eigenvalue weighted by Gasteiger charge is 2.10. The van der Waals surface area contributed by atoms with Gasteiger partial charge in [0.25, 0.3) is 0 Å². The van der Waals surface area contributed by atoms with Crippen molar-refractivity contribution < 1.29 is 14.3 Å². The van der Waals surface area contributed by atoms with E-state index in [1.165, 1.54) is 0 Å². The van der Waals surface area contributed by atoms with Crippen molar-refractivity contribution in [2.45, 2.75) is 33.0 Å². The molecule has 2 heterocycles. The smallest absolute Gasteiger partial charge is 0.357 e. The molecule has 2 aromatic heterocycles. The Labute approximate surface area is 159 Å². The molecule has 0 aliphatic carbocycles. The van der Waals surface area contributed by atoms with Gasteiger partial charge in [0.2, 0.25) is 0 Å². The summed E-state index contributed by atoms with van der Waals surface area (Å²) in [6.45, 7) is 4.84. The Kier molecular flexibility index (Phi) is 6.15. The number of nitrogens with zero attached hydrogens (tertiary/aromatic N) is 2. The van der Waals surface area contributed by atoms with Gasteiger partial charge in [-0.05, 0) is 52.9 Å². The van der Waals surface area contributed by atoms with Crippen LogP contribution >= 0.6 is 0 Å². The zero-order chi connectivity index (χ0) is 19.1. The van der Waals surface area contributed by atoms with Crippen molar-refractivity contribution in [3.8, 4) is 5.75 Å². The quantitative estimate of drug-likeness (QED) is 0.578. The molecule has 0 amide bonds. The van der Waals surface area contributed by atoms with Gasteiger partial charge in [-0.15, -0.1) is 0 Å². The van der Waals surface area contributed by atoms with E-state index in [0.29, 0.717) is 18.2 Å². The van der Waals surface area contributed by atoms with E-state index in [1.54, 1.807) is 24.7 Å². The van der Waals surface area contributed by atoms with Crippen molar-refractivity contribution in [3.63, 3.8) is 0 Å². The van der Waals surface area contributed by atoms with Crippen molar-refractivity contribution in [1.82, 2.24) is 9.97 Å². The Bertz CT molecular complexity index is 860. The van der Waals surface area contributed by atoms with Crippen LogP contribution in [-0.4, -0.2) is 15.9 Å². The topological polar surface area (TPSA) is 61.3 Å². The maximum atomic E-state index is 12.1. The van der Waals surface area contributed by atoms with Gasteiger partial charge in [0.1, 0.15) is 24.7 Å². The zero-order valence-corrected chi connectivity index (χ0v) is 15.5. The van der Waals surface area contributed by atoms with E-state index in [0.717, 1.165) is 22.4 Å². The molecule has 0 saturated carbocycles. The predicted molar refractivity (Wildman–Crippen MR) is 102 cm³/mol. The molecule has 5 nitrogen and oxygen atoms in total. The third kappa shape index (κ3) is 5.38. The molecule has 27 heavy (non-hydrogen) atoms. The molecule has 0 unspecified atom stereocenters. The molecule has 0 fully saturated rings. The summed E-state index contributed by atoms with van der Waals surface area (Å²) < 4.78 is 11.1. The van der Waals surface area contributed by atoms with Crippen LogP contribution in [0.4, 0.5) is 0 Å². The molecule has 0 spiro atoms. The monoisotopic (exact) mass is 362 g/mol. The molecule has 3 rings (SSSR count). The molecule has 0 N–H and O–H groups in total. The third-order valence-electron chi connectivity index (χ3n) is 4.11. The van der Waals surface area contributed by atoms with E-state index in [9.17, 15) is 4.79 Å². The van der Waals surface area contributed by atoms with Gasteiger partial charge in [0, 0.05) is 18.6 Å². The van der Waals surface area contributed by atoms with E-state index in [1.807, 2.05) is 42.5 Å². The van der Waals surface area contributed by atoms with Crippen LogP contribution in [0.1, 0.15) is 46.9 Å². The predicted octanol–water partition coefficient (Wildman–Crippen LogP) is 4.54. The van der Waals surface area contributed by atoms with Crippen LogP contribution in [0.5, 0.6) is 5.75 Å². The first-order chi connectivity index (χ1) is 13.1. The number of esters is 1. The molecule has 0 saturated heterocycles. The van der Waals surface area contributed by atoms with Crippen LogP contribution in [0.3, 0.4) is 0 Å². The molecular weight excluding hydrogens is 340 g/mol. The number of carbonyl (C=O) groups is 1. The van der Waals surface area contributed by atoms with E-state index in [4.69, 9.17) is 9.47 Å². The Morgan fingerprint density at radius 3 is 2.26 bits per heavy atom. The zero-order valence-electron chi connectivity index (χ0n) is 15.5. The number of hydrogen-bond donors (Lipinski definition) is 0. The van der Waals surface area contributed by atoms with Gasteiger partial charge in [0.05, 0.1) is 0 Å². The molecule has 5 heteroatoms. The molecule has 0 aliphatic rings. The number of rotatable bonds is 7. The van der Waals surface area contributed by atoms with Gasteiger partial charge in [0.15, 0.2) is 0 Å². The lowest BCUT2D eigenvalue weighted by Crippen LogP contribution is -2.07. The molecule has 0 radical (unpaired) electrons. The number of aromatic nitrogens is 2. The lowest BCUT2D eigenvalue weighted by Gasteiger charge is -2.08. The second-order valence-corrected chi connectivity index (χ2v) is 6.50. The minimum absolute atomic E-state index is 0.192. The SMILES string of the molecule is CC(C)c1ccc(C(=O)OCc2ccc(OCc3ccncc3)cc2)nc1. The standard InChI is InChI=1S/C22H22N2O3/c1-16(2)19-5-8-21(24-13-19)22(25)27-15-17-3-6-20(7-4-17)26-14-18-9-11-23-12-10-18/h3-13,16H,14-15H2,1-2H3. The van der Waals surface area contributed by atoms with Crippen LogP contribution in [0.2, 0.25) is 0 Å². The van der Waals surface area contributed by atoms with Gasteiger partial charge in [-0.3, -0.25) is 4.98 Å². The highest BCUT2D eigenvalue weighted by Crippen LogP contribution is 2.16. The van der Waals surface area contributed by atoms with Crippen molar-refractivity contribution >= 4 is 5.97 Å². The summed E-state index contributed by atoms with van der Waals surface area (Å²) >= 11 is 0. The Balaban J connectivity index is 1.50. The maximum absolute atomic E-state index is 12.1. The average molecular weight is 362 g/mol. The largest absolute Gasteiger partial charge is 0.489 e. The summed E-state index contributed by atoms with van der Waals surface area (Å²) in [7, 11) is 0. The number of pyridine rings is 2. The third-order valence-corrected chi connectivity index (χ3v) is 4.11.